The molecule has 1 aromatic carbocycles. The maximum atomic E-state index is 12.2. The van der Waals surface area contributed by atoms with Gasteiger partial charge in [0.2, 0.25) is 0 Å². The number of Topliss-reactive ketones (excluding diaryl/α,β-unsaturated/α-hetero) is 1. The van der Waals surface area contributed by atoms with E-state index in [-0.39, 0.29) is 36.2 Å². The summed E-state index contributed by atoms with van der Waals surface area (Å²) in [5.41, 5.74) is 1.15. The Balaban J connectivity index is 1.37. The molecule has 5 heteroatoms. The van der Waals surface area contributed by atoms with Crippen LogP contribution in [0.3, 0.4) is 0 Å². The van der Waals surface area contributed by atoms with Crippen LogP contribution in [0.5, 0.6) is 0 Å². The fourth-order valence-electron chi connectivity index (χ4n) is 3.97. The lowest BCUT2D eigenvalue weighted by molar-refractivity contribution is -0.156. The highest BCUT2D eigenvalue weighted by Gasteiger charge is 2.41. The molecule has 0 aliphatic heterocycles. The molecule has 0 spiro atoms. The van der Waals surface area contributed by atoms with Crippen LogP contribution in [0.25, 0.3) is 0 Å². The number of fused-ring (bicyclic) bond motifs is 2. The SMILES string of the molecule is O=C(COC(=O)C1CC2CCCC(C1)C2=O)NCCc1ccccc1. The van der Waals surface area contributed by atoms with Gasteiger partial charge >= 0.3 is 5.97 Å². The van der Waals surface area contributed by atoms with Gasteiger partial charge in [-0.25, -0.2) is 0 Å². The van der Waals surface area contributed by atoms with Gasteiger partial charge in [0.15, 0.2) is 6.61 Å². The maximum absolute atomic E-state index is 12.2. The van der Waals surface area contributed by atoms with Crippen LogP contribution >= 0.6 is 0 Å². The molecule has 1 amide bonds. The number of carbonyl (C=O) groups is 3. The molecule has 2 aliphatic carbocycles. The number of nitrogens with one attached hydrogen (secondary N) is 1. The second-order valence-electron chi connectivity index (χ2n) is 7.09. The van der Waals surface area contributed by atoms with E-state index >= 15 is 0 Å². The van der Waals surface area contributed by atoms with Gasteiger partial charge in [-0.15, -0.1) is 0 Å². The smallest absolute Gasteiger partial charge is 0.309 e. The number of carbonyl (C=O) groups excluding carboxylic acids is 3. The third-order valence-electron chi connectivity index (χ3n) is 5.31. The van der Waals surface area contributed by atoms with E-state index in [1.165, 1.54) is 0 Å². The molecule has 0 aromatic heterocycles. The van der Waals surface area contributed by atoms with Gasteiger partial charge in [-0.05, 0) is 37.7 Å². The van der Waals surface area contributed by atoms with E-state index in [0.29, 0.717) is 25.2 Å². The van der Waals surface area contributed by atoms with Crippen molar-refractivity contribution in [3.05, 3.63) is 35.9 Å². The van der Waals surface area contributed by atoms with E-state index < -0.39 is 0 Å². The summed E-state index contributed by atoms with van der Waals surface area (Å²) in [7, 11) is 0. The molecule has 5 nitrogen and oxygen atoms in total. The number of amides is 1. The van der Waals surface area contributed by atoms with Gasteiger partial charge in [0, 0.05) is 18.4 Å². The summed E-state index contributed by atoms with van der Waals surface area (Å²) in [6.07, 6.45) is 4.77. The average Bonchev–Trinajstić information content (AvgIpc) is 2.60. The number of ketones is 1. The first-order chi connectivity index (χ1) is 12.1. The molecule has 25 heavy (non-hydrogen) atoms. The zero-order valence-electron chi connectivity index (χ0n) is 14.4. The van der Waals surface area contributed by atoms with Crippen LogP contribution in [0, 0.1) is 17.8 Å². The minimum absolute atomic E-state index is 0.0183. The van der Waals surface area contributed by atoms with Gasteiger partial charge in [0.1, 0.15) is 5.78 Å². The quantitative estimate of drug-likeness (QED) is 0.805. The minimum atomic E-state index is -0.331. The lowest BCUT2D eigenvalue weighted by Gasteiger charge is -2.36. The number of hydrogen-bond donors (Lipinski definition) is 1. The number of esters is 1. The Morgan fingerprint density at radius 1 is 1.08 bits per heavy atom. The highest BCUT2D eigenvalue weighted by atomic mass is 16.5. The molecule has 3 rings (SSSR count). The van der Waals surface area contributed by atoms with Crippen LogP contribution in [-0.2, 0) is 25.5 Å². The van der Waals surface area contributed by atoms with Gasteiger partial charge < -0.3 is 10.1 Å². The fraction of sp³-hybridized carbons (Fsp3) is 0.550. The monoisotopic (exact) mass is 343 g/mol. The first-order valence-corrected chi connectivity index (χ1v) is 9.14. The molecule has 2 atom stereocenters. The number of ether oxygens (including phenoxy) is 1. The standard InChI is InChI=1S/C20H25NO4/c22-18(21-10-9-14-5-2-1-3-6-14)13-25-20(24)17-11-15-7-4-8-16(12-17)19(15)23/h1-3,5-6,15-17H,4,7-13H2,(H,21,22). The predicted molar refractivity (Wildman–Crippen MR) is 92.7 cm³/mol. The van der Waals surface area contributed by atoms with Gasteiger partial charge in [0.25, 0.3) is 5.91 Å². The topological polar surface area (TPSA) is 72.5 Å². The van der Waals surface area contributed by atoms with Crippen LogP contribution in [0.1, 0.15) is 37.7 Å². The van der Waals surface area contributed by atoms with Gasteiger partial charge in [0.05, 0.1) is 5.92 Å². The molecule has 2 aliphatic rings. The molecule has 0 heterocycles. The van der Waals surface area contributed by atoms with E-state index in [1.807, 2.05) is 30.3 Å². The zero-order valence-corrected chi connectivity index (χ0v) is 14.4. The van der Waals surface area contributed by atoms with Crippen molar-refractivity contribution in [2.24, 2.45) is 17.8 Å². The summed E-state index contributed by atoms with van der Waals surface area (Å²) in [4.78, 5) is 36.1. The van der Waals surface area contributed by atoms with Crippen LogP contribution < -0.4 is 5.32 Å². The summed E-state index contributed by atoms with van der Waals surface area (Å²) in [5, 5.41) is 2.77. The van der Waals surface area contributed by atoms with Crippen molar-refractivity contribution in [2.45, 2.75) is 38.5 Å². The molecule has 2 fully saturated rings. The third kappa shape index (κ3) is 4.68. The zero-order chi connectivity index (χ0) is 17.6. The Morgan fingerprint density at radius 3 is 2.44 bits per heavy atom. The number of hydrogen-bond acceptors (Lipinski definition) is 4. The Morgan fingerprint density at radius 2 is 1.76 bits per heavy atom. The van der Waals surface area contributed by atoms with E-state index in [4.69, 9.17) is 4.74 Å². The maximum Gasteiger partial charge on any atom is 0.309 e. The van der Waals surface area contributed by atoms with Crippen molar-refractivity contribution < 1.29 is 19.1 Å². The van der Waals surface area contributed by atoms with Crippen molar-refractivity contribution in [3.8, 4) is 0 Å². The summed E-state index contributed by atoms with van der Waals surface area (Å²) in [6, 6.07) is 9.89. The van der Waals surface area contributed by atoms with Crippen LogP contribution in [0.15, 0.2) is 30.3 Å². The van der Waals surface area contributed by atoms with Gasteiger partial charge in [-0.3, -0.25) is 14.4 Å². The van der Waals surface area contributed by atoms with E-state index in [0.717, 1.165) is 31.2 Å². The molecule has 2 unspecified atom stereocenters. The van der Waals surface area contributed by atoms with E-state index in [1.54, 1.807) is 0 Å². The highest BCUT2D eigenvalue weighted by molar-refractivity contribution is 5.87. The van der Waals surface area contributed by atoms with Crippen molar-refractivity contribution in [2.75, 3.05) is 13.2 Å². The van der Waals surface area contributed by atoms with Crippen LogP contribution in [0.4, 0.5) is 0 Å². The molecule has 1 aromatic rings. The van der Waals surface area contributed by atoms with Crippen molar-refractivity contribution >= 4 is 17.7 Å². The first-order valence-electron chi connectivity index (χ1n) is 9.14. The Labute approximate surface area is 148 Å². The lowest BCUT2D eigenvalue weighted by Crippen LogP contribution is -2.40. The predicted octanol–water partition coefficient (Wildman–Crippen LogP) is 2.28. The molecular weight excluding hydrogens is 318 g/mol. The Hall–Kier alpha value is -2.17. The molecule has 0 radical (unpaired) electrons. The second-order valence-corrected chi connectivity index (χ2v) is 7.09. The van der Waals surface area contributed by atoms with Crippen molar-refractivity contribution in [1.29, 1.82) is 0 Å². The van der Waals surface area contributed by atoms with Crippen LogP contribution in [-0.4, -0.2) is 30.8 Å². The fourth-order valence-corrected chi connectivity index (χ4v) is 3.97. The molecular formula is C20H25NO4. The third-order valence-corrected chi connectivity index (χ3v) is 5.31. The summed E-state index contributed by atoms with van der Waals surface area (Å²) in [5.74, 6) is -0.479. The minimum Gasteiger partial charge on any atom is -0.455 e. The summed E-state index contributed by atoms with van der Waals surface area (Å²) >= 11 is 0. The number of rotatable bonds is 6. The summed E-state index contributed by atoms with van der Waals surface area (Å²) < 4.78 is 5.18. The Bertz CT molecular complexity index is 612. The molecule has 2 saturated carbocycles. The Kier molecular flexibility index (Phi) is 5.84. The van der Waals surface area contributed by atoms with Crippen LogP contribution in [0.2, 0.25) is 0 Å². The largest absolute Gasteiger partial charge is 0.455 e. The van der Waals surface area contributed by atoms with Crippen molar-refractivity contribution in [3.63, 3.8) is 0 Å². The van der Waals surface area contributed by atoms with E-state index in [9.17, 15) is 14.4 Å². The molecule has 1 N–H and O–H groups in total. The normalized spacial score (nSPS) is 25.3. The highest BCUT2D eigenvalue weighted by Crippen LogP contribution is 2.40. The van der Waals surface area contributed by atoms with E-state index in [2.05, 4.69) is 5.32 Å². The molecule has 2 bridgehead atoms. The summed E-state index contributed by atoms with van der Waals surface area (Å²) in [6.45, 7) is 0.274. The average molecular weight is 343 g/mol. The molecule has 0 saturated heterocycles. The number of benzene rings is 1. The molecule has 134 valence electrons. The van der Waals surface area contributed by atoms with Crippen molar-refractivity contribution in [1.82, 2.24) is 5.32 Å². The van der Waals surface area contributed by atoms with Gasteiger partial charge in [-0.2, -0.15) is 0 Å². The lowest BCUT2D eigenvalue weighted by atomic mass is 9.67. The second kappa shape index (κ2) is 8.28. The first kappa shape index (κ1) is 17.6. The van der Waals surface area contributed by atoms with Gasteiger partial charge in [-0.1, -0.05) is 36.8 Å².